The summed E-state index contributed by atoms with van der Waals surface area (Å²) in [4.78, 5) is 46.1. The van der Waals surface area contributed by atoms with E-state index in [2.05, 4.69) is 20.1 Å². The lowest BCUT2D eigenvalue weighted by Crippen LogP contribution is -2.43. The summed E-state index contributed by atoms with van der Waals surface area (Å²) in [5.74, 6) is -1.16. The van der Waals surface area contributed by atoms with Crippen LogP contribution in [0.1, 0.15) is 39.0 Å². The monoisotopic (exact) mass is 495 g/mol. The average Bonchev–Trinajstić information content (AvgIpc) is 2.85. The highest BCUT2D eigenvalue weighted by molar-refractivity contribution is 5.92. The van der Waals surface area contributed by atoms with Crippen molar-refractivity contribution in [2.24, 2.45) is 0 Å². The number of benzene rings is 1. The van der Waals surface area contributed by atoms with Crippen molar-refractivity contribution in [1.82, 2.24) is 10.2 Å². The molecular weight excluding hydrogens is 458 g/mol. The molecule has 0 radical (unpaired) electrons. The zero-order valence-electron chi connectivity index (χ0n) is 20.7. The molecule has 11 heteroatoms. The van der Waals surface area contributed by atoms with Crippen molar-refractivity contribution in [3.63, 3.8) is 0 Å². The van der Waals surface area contributed by atoms with Gasteiger partial charge in [0.2, 0.25) is 5.91 Å². The first-order chi connectivity index (χ1) is 16.8. The van der Waals surface area contributed by atoms with Crippen LogP contribution in [-0.2, 0) is 28.7 Å². The Morgan fingerprint density at radius 3 is 2.00 bits per heavy atom. The second kappa shape index (κ2) is 17.3. The molecule has 0 saturated heterocycles. The zero-order valence-corrected chi connectivity index (χ0v) is 20.7. The number of carboxylic acids is 1. The molecule has 0 aliphatic heterocycles. The van der Waals surface area contributed by atoms with Crippen LogP contribution in [-0.4, -0.2) is 86.9 Å². The van der Waals surface area contributed by atoms with Gasteiger partial charge in [-0.05, 0) is 44.0 Å². The lowest BCUT2D eigenvalue weighted by atomic mass is 9.94. The number of esters is 2. The largest absolute Gasteiger partial charge is 0.494 e. The molecule has 1 amide bonds. The van der Waals surface area contributed by atoms with Crippen molar-refractivity contribution < 1.29 is 38.5 Å². The van der Waals surface area contributed by atoms with Crippen LogP contribution in [0.15, 0.2) is 24.3 Å². The van der Waals surface area contributed by atoms with E-state index in [9.17, 15) is 19.2 Å². The smallest absolute Gasteiger partial charge is 0.319 e. The first-order valence-electron chi connectivity index (χ1n) is 11.6. The third-order valence-corrected chi connectivity index (χ3v) is 5.22. The minimum atomic E-state index is -0.996. The van der Waals surface area contributed by atoms with E-state index in [1.165, 1.54) is 20.6 Å². The van der Waals surface area contributed by atoms with Crippen LogP contribution < -0.4 is 15.4 Å². The van der Waals surface area contributed by atoms with E-state index in [1.54, 1.807) is 24.3 Å². The Hall–Kier alpha value is -3.18. The number of hydrogen-bond donors (Lipinski definition) is 3. The third kappa shape index (κ3) is 13.3. The number of nitrogens with one attached hydrogen (secondary N) is 2. The maximum Gasteiger partial charge on any atom is 0.319 e. The molecule has 11 nitrogen and oxygen atoms in total. The average molecular weight is 496 g/mol. The number of aliphatic carboxylic acids is 1. The first kappa shape index (κ1) is 29.9. The van der Waals surface area contributed by atoms with Crippen LogP contribution in [0, 0.1) is 0 Å². The Kier molecular flexibility index (Phi) is 14.7. The van der Waals surface area contributed by atoms with E-state index in [0.717, 1.165) is 31.4 Å². The SMILES string of the molecule is CCOc1ccc(NC(=O)CNCC(=O)O)cc1.COC(=O)CN(CC(=O)OC)C1CCCCC1. The molecule has 1 aromatic rings. The predicted octanol–water partition coefficient (Wildman–Crippen LogP) is 1.67. The molecule has 0 atom stereocenters. The molecule has 3 N–H and O–H groups in total. The number of rotatable bonds is 12. The van der Waals surface area contributed by atoms with Gasteiger partial charge in [0.05, 0.1) is 47.0 Å². The van der Waals surface area contributed by atoms with Gasteiger partial charge in [-0.15, -0.1) is 0 Å². The Morgan fingerprint density at radius 2 is 1.51 bits per heavy atom. The summed E-state index contributed by atoms with van der Waals surface area (Å²) in [5, 5.41) is 13.5. The standard InChI is InChI=1S/C12H16N2O4.C12H21NO4/c1-2-18-10-5-3-9(4-6-10)14-11(15)7-13-8-12(16)17;1-16-11(14)8-13(9-12(15)17-2)10-6-4-3-5-7-10/h3-6,13H,2,7-8H2,1H3,(H,14,15)(H,16,17);10H,3-9H2,1-2H3. The van der Waals surface area contributed by atoms with E-state index < -0.39 is 5.97 Å². The number of anilines is 1. The molecule has 196 valence electrons. The van der Waals surface area contributed by atoms with Gasteiger partial charge in [-0.2, -0.15) is 0 Å². The van der Waals surface area contributed by atoms with Crippen LogP contribution in [0.5, 0.6) is 5.75 Å². The van der Waals surface area contributed by atoms with Crippen molar-refractivity contribution in [1.29, 1.82) is 0 Å². The van der Waals surface area contributed by atoms with Crippen LogP contribution in [0.25, 0.3) is 0 Å². The van der Waals surface area contributed by atoms with Gasteiger partial charge < -0.3 is 24.6 Å². The Labute approximate surface area is 206 Å². The highest BCUT2D eigenvalue weighted by Crippen LogP contribution is 2.22. The molecule has 1 saturated carbocycles. The van der Waals surface area contributed by atoms with Crippen molar-refractivity contribution in [3.05, 3.63) is 24.3 Å². The van der Waals surface area contributed by atoms with E-state index in [0.29, 0.717) is 18.3 Å². The molecule has 1 aliphatic carbocycles. The van der Waals surface area contributed by atoms with Crippen LogP contribution >= 0.6 is 0 Å². The Balaban J connectivity index is 0.000000351. The lowest BCUT2D eigenvalue weighted by Gasteiger charge is -2.32. The van der Waals surface area contributed by atoms with Crippen molar-refractivity contribution in [2.75, 3.05) is 52.3 Å². The van der Waals surface area contributed by atoms with Crippen molar-refractivity contribution >= 4 is 29.5 Å². The molecule has 0 spiro atoms. The van der Waals surface area contributed by atoms with Gasteiger partial charge >= 0.3 is 17.9 Å². The summed E-state index contributed by atoms with van der Waals surface area (Å²) in [7, 11) is 2.72. The fraction of sp³-hybridized carbons (Fsp3) is 0.583. The maximum absolute atomic E-state index is 11.4. The van der Waals surface area contributed by atoms with E-state index >= 15 is 0 Å². The lowest BCUT2D eigenvalue weighted by molar-refractivity contribution is -0.147. The third-order valence-electron chi connectivity index (χ3n) is 5.22. The minimum absolute atomic E-state index is 0.0422. The number of nitrogens with zero attached hydrogens (tertiary/aromatic N) is 1. The summed E-state index contributed by atoms with van der Waals surface area (Å²) in [5.41, 5.74) is 0.639. The van der Waals surface area contributed by atoms with Gasteiger partial charge in [0.15, 0.2) is 0 Å². The van der Waals surface area contributed by atoms with Crippen LogP contribution in [0.4, 0.5) is 5.69 Å². The van der Waals surface area contributed by atoms with Gasteiger partial charge in [0.1, 0.15) is 5.75 Å². The first-order valence-corrected chi connectivity index (χ1v) is 11.6. The van der Waals surface area contributed by atoms with Gasteiger partial charge in [-0.1, -0.05) is 19.3 Å². The number of methoxy groups -OCH3 is 2. The highest BCUT2D eigenvalue weighted by atomic mass is 16.5. The quantitative estimate of drug-likeness (QED) is 0.366. The topological polar surface area (TPSA) is 144 Å². The molecule has 0 bridgehead atoms. The molecule has 2 rings (SSSR count). The molecule has 0 heterocycles. The van der Waals surface area contributed by atoms with Gasteiger partial charge in [-0.3, -0.25) is 29.4 Å². The molecule has 1 aliphatic rings. The number of carbonyl (C=O) groups is 4. The number of hydrogen-bond acceptors (Lipinski definition) is 9. The number of ether oxygens (including phenoxy) is 3. The van der Waals surface area contributed by atoms with Gasteiger partial charge in [-0.25, -0.2) is 0 Å². The van der Waals surface area contributed by atoms with E-state index in [4.69, 9.17) is 9.84 Å². The van der Waals surface area contributed by atoms with Crippen molar-refractivity contribution in [3.8, 4) is 5.75 Å². The number of carboxylic acid groups (broad SMARTS) is 1. The van der Waals surface area contributed by atoms with Crippen LogP contribution in [0.2, 0.25) is 0 Å². The molecule has 0 aromatic heterocycles. The van der Waals surface area contributed by atoms with E-state index in [1.807, 2.05) is 11.8 Å². The number of carbonyl (C=O) groups excluding carboxylic acids is 3. The number of amides is 1. The van der Waals surface area contributed by atoms with Crippen LogP contribution in [0.3, 0.4) is 0 Å². The summed E-state index contributed by atoms with van der Waals surface area (Å²) >= 11 is 0. The van der Waals surface area contributed by atoms with Crippen molar-refractivity contribution in [2.45, 2.75) is 45.1 Å². The Bertz CT molecular complexity index is 776. The van der Waals surface area contributed by atoms with E-state index in [-0.39, 0.29) is 44.0 Å². The molecule has 1 aromatic carbocycles. The molecule has 35 heavy (non-hydrogen) atoms. The highest BCUT2D eigenvalue weighted by Gasteiger charge is 2.25. The second-order valence-electron chi connectivity index (χ2n) is 7.85. The fourth-order valence-electron chi connectivity index (χ4n) is 3.51. The summed E-state index contributed by atoms with van der Waals surface area (Å²) in [6.07, 6.45) is 5.62. The van der Waals surface area contributed by atoms with Gasteiger partial charge in [0, 0.05) is 11.7 Å². The normalized spacial score (nSPS) is 13.3. The zero-order chi connectivity index (χ0) is 26.1. The molecule has 1 fully saturated rings. The summed E-state index contributed by atoms with van der Waals surface area (Å²) in [6, 6.07) is 7.25. The Morgan fingerprint density at radius 1 is 0.943 bits per heavy atom. The van der Waals surface area contributed by atoms with Gasteiger partial charge in [0.25, 0.3) is 0 Å². The minimum Gasteiger partial charge on any atom is -0.494 e. The summed E-state index contributed by atoms with van der Waals surface area (Å²) in [6.45, 7) is 2.53. The predicted molar refractivity (Wildman–Crippen MR) is 129 cm³/mol. The molecular formula is C24H37N3O8. The fourth-order valence-corrected chi connectivity index (χ4v) is 3.51. The second-order valence-corrected chi connectivity index (χ2v) is 7.85. The summed E-state index contributed by atoms with van der Waals surface area (Å²) < 4.78 is 14.6. The molecule has 0 unspecified atom stereocenters. The maximum atomic E-state index is 11.4.